The summed E-state index contributed by atoms with van der Waals surface area (Å²) in [6, 6.07) is 25.2. The molecule has 0 saturated heterocycles. The summed E-state index contributed by atoms with van der Waals surface area (Å²) >= 11 is 0. The monoisotopic (exact) mass is 428 g/mol. The minimum absolute atomic E-state index is 0.280. The van der Waals surface area contributed by atoms with Gasteiger partial charge in [-0.05, 0) is 89.5 Å². The molecule has 0 bridgehead atoms. The van der Waals surface area contributed by atoms with Gasteiger partial charge in [0.1, 0.15) is 0 Å². The maximum Gasteiger partial charge on any atom is 0.303 e. The molecular weight excluding hydrogens is 404 g/mol. The van der Waals surface area contributed by atoms with E-state index >= 15 is 0 Å². The Morgan fingerprint density at radius 2 is 1.00 bits per heavy atom. The predicted octanol–water partition coefficient (Wildman–Crippen LogP) is 8.50. The van der Waals surface area contributed by atoms with Crippen LogP contribution in [0.15, 0.2) is 66.7 Å². The molecule has 33 heavy (non-hydrogen) atoms. The molecule has 0 fully saturated rings. The molecule has 0 amide bonds. The molecule has 0 heterocycles. The van der Waals surface area contributed by atoms with Gasteiger partial charge in [0, 0.05) is 6.42 Å². The number of aliphatic carboxylic acids is 1. The van der Waals surface area contributed by atoms with Crippen molar-refractivity contribution in [3.05, 3.63) is 72.3 Å². The first kappa shape index (κ1) is 18.9. The van der Waals surface area contributed by atoms with Crippen LogP contribution in [-0.2, 0) is 11.2 Å². The van der Waals surface area contributed by atoms with Crippen molar-refractivity contribution in [3.8, 4) is 0 Å². The van der Waals surface area contributed by atoms with Gasteiger partial charge in [0.2, 0.25) is 0 Å². The summed E-state index contributed by atoms with van der Waals surface area (Å²) in [6.45, 7) is 0. The summed E-state index contributed by atoms with van der Waals surface area (Å²) in [4.78, 5) is 10.8. The maximum atomic E-state index is 10.8. The fraction of sp³-hybridized carbons (Fsp3) is 0.194. The van der Waals surface area contributed by atoms with Crippen molar-refractivity contribution in [1.29, 1.82) is 0 Å². The third-order valence-corrected chi connectivity index (χ3v) is 7.67. The molecule has 0 spiro atoms. The van der Waals surface area contributed by atoms with Gasteiger partial charge in [-0.15, -0.1) is 0 Å². The van der Waals surface area contributed by atoms with Crippen LogP contribution >= 0.6 is 0 Å². The summed E-state index contributed by atoms with van der Waals surface area (Å²) in [6.07, 6.45) is 5.24. The van der Waals surface area contributed by atoms with Crippen LogP contribution in [0.4, 0.5) is 0 Å². The van der Waals surface area contributed by atoms with Gasteiger partial charge in [0.15, 0.2) is 0 Å². The SMILES string of the molecule is O=C(O)CCCCCCc1cc2ccc3ccc4ccc5ccc6ccc1c1c6c5c4c3c21. The standard InChI is InChI=1S/C31H24O2/c32-25(33)6-4-2-1-3-5-22-17-23-14-13-20-10-8-18-7-9-19-11-12-21-15-16-24(22)31-29(21)27(19)26(18)28(20)30(23)31/h7-17H,1-6H2,(H,32,33). The van der Waals surface area contributed by atoms with E-state index in [1.165, 1.54) is 70.2 Å². The van der Waals surface area contributed by atoms with Gasteiger partial charge >= 0.3 is 5.97 Å². The van der Waals surface area contributed by atoms with Gasteiger partial charge in [0.25, 0.3) is 0 Å². The molecule has 7 rings (SSSR count). The van der Waals surface area contributed by atoms with Crippen LogP contribution in [0.5, 0.6) is 0 Å². The Labute approximate surface area is 191 Å². The Hall–Kier alpha value is -3.65. The van der Waals surface area contributed by atoms with E-state index < -0.39 is 5.97 Å². The lowest BCUT2D eigenvalue weighted by atomic mass is 9.81. The molecule has 7 aromatic carbocycles. The number of hydrogen-bond donors (Lipinski definition) is 1. The molecule has 0 radical (unpaired) electrons. The Morgan fingerprint density at radius 1 is 0.545 bits per heavy atom. The van der Waals surface area contributed by atoms with Crippen molar-refractivity contribution in [2.75, 3.05) is 0 Å². The maximum absolute atomic E-state index is 10.8. The Kier molecular flexibility index (Phi) is 3.96. The first-order valence-electron chi connectivity index (χ1n) is 12.0. The summed E-state index contributed by atoms with van der Waals surface area (Å²) in [5, 5.41) is 25.3. The third kappa shape index (κ3) is 2.64. The molecule has 0 aliphatic carbocycles. The third-order valence-electron chi connectivity index (χ3n) is 7.67. The van der Waals surface area contributed by atoms with Gasteiger partial charge in [0.05, 0.1) is 0 Å². The first-order chi connectivity index (χ1) is 16.2. The van der Waals surface area contributed by atoms with Gasteiger partial charge in [-0.2, -0.15) is 0 Å². The highest BCUT2D eigenvalue weighted by atomic mass is 16.4. The van der Waals surface area contributed by atoms with Crippen molar-refractivity contribution in [3.63, 3.8) is 0 Å². The van der Waals surface area contributed by atoms with Crippen LogP contribution in [0.1, 0.15) is 37.7 Å². The smallest absolute Gasteiger partial charge is 0.303 e. The molecule has 7 aromatic rings. The van der Waals surface area contributed by atoms with Gasteiger partial charge in [-0.25, -0.2) is 0 Å². The highest BCUT2D eigenvalue weighted by molar-refractivity contribution is 6.44. The molecule has 0 atom stereocenters. The second-order valence-electron chi connectivity index (χ2n) is 9.58. The number of carboxylic acid groups (broad SMARTS) is 1. The van der Waals surface area contributed by atoms with Gasteiger partial charge in [-0.1, -0.05) is 79.6 Å². The second-order valence-corrected chi connectivity index (χ2v) is 9.58. The van der Waals surface area contributed by atoms with Crippen LogP contribution in [0.2, 0.25) is 0 Å². The van der Waals surface area contributed by atoms with Crippen LogP contribution in [-0.4, -0.2) is 11.1 Å². The summed E-state index contributed by atoms with van der Waals surface area (Å²) in [7, 11) is 0. The highest BCUT2D eigenvalue weighted by Gasteiger charge is 2.21. The minimum Gasteiger partial charge on any atom is -0.481 e. The van der Waals surface area contributed by atoms with E-state index in [0.29, 0.717) is 0 Å². The van der Waals surface area contributed by atoms with E-state index in [9.17, 15) is 4.79 Å². The number of unbranched alkanes of at least 4 members (excludes halogenated alkanes) is 3. The molecular formula is C31H24O2. The number of aryl methyl sites for hydroxylation is 1. The largest absolute Gasteiger partial charge is 0.481 e. The van der Waals surface area contributed by atoms with Crippen LogP contribution < -0.4 is 0 Å². The van der Waals surface area contributed by atoms with Gasteiger partial charge in [-0.3, -0.25) is 4.79 Å². The predicted molar refractivity (Wildman–Crippen MR) is 139 cm³/mol. The Bertz CT molecular complexity index is 1740. The zero-order valence-corrected chi connectivity index (χ0v) is 18.4. The van der Waals surface area contributed by atoms with Crippen LogP contribution in [0.25, 0.3) is 64.6 Å². The van der Waals surface area contributed by atoms with E-state index in [4.69, 9.17) is 5.11 Å². The number of carboxylic acids is 1. The first-order valence-corrected chi connectivity index (χ1v) is 12.0. The second kappa shape index (κ2) is 6.92. The molecule has 1 N–H and O–H groups in total. The number of benzene rings is 7. The molecule has 0 saturated carbocycles. The average molecular weight is 429 g/mol. The van der Waals surface area contributed by atoms with E-state index in [2.05, 4.69) is 66.7 Å². The fourth-order valence-corrected chi connectivity index (χ4v) is 6.22. The zero-order chi connectivity index (χ0) is 22.1. The normalized spacial score (nSPS) is 12.6. The lowest BCUT2D eigenvalue weighted by Gasteiger charge is -2.22. The molecule has 0 unspecified atom stereocenters. The Balaban J connectivity index is 1.47. The van der Waals surface area contributed by atoms with Crippen LogP contribution in [0.3, 0.4) is 0 Å². The molecule has 2 nitrogen and oxygen atoms in total. The lowest BCUT2D eigenvalue weighted by molar-refractivity contribution is -0.137. The number of carbonyl (C=O) groups is 1. The molecule has 0 aliphatic heterocycles. The zero-order valence-electron chi connectivity index (χ0n) is 18.4. The van der Waals surface area contributed by atoms with E-state index in [-0.39, 0.29) is 6.42 Å². The van der Waals surface area contributed by atoms with Crippen molar-refractivity contribution >= 4 is 70.6 Å². The Morgan fingerprint density at radius 3 is 1.58 bits per heavy atom. The molecule has 0 aliphatic rings. The molecule has 160 valence electrons. The quantitative estimate of drug-likeness (QED) is 0.157. The topological polar surface area (TPSA) is 37.3 Å². The van der Waals surface area contributed by atoms with E-state index in [0.717, 1.165) is 32.1 Å². The highest BCUT2D eigenvalue weighted by Crippen LogP contribution is 2.48. The summed E-state index contributed by atoms with van der Waals surface area (Å²) < 4.78 is 0. The number of rotatable bonds is 7. The van der Waals surface area contributed by atoms with E-state index in [1.54, 1.807) is 0 Å². The lowest BCUT2D eigenvalue weighted by Crippen LogP contribution is -1.96. The summed E-state index contributed by atoms with van der Waals surface area (Å²) in [5.74, 6) is -0.690. The molecule has 0 aromatic heterocycles. The van der Waals surface area contributed by atoms with Crippen molar-refractivity contribution in [2.24, 2.45) is 0 Å². The summed E-state index contributed by atoms with van der Waals surface area (Å²) in [5.41, 5.74) is 1.42. The average Bonchev–Trinajstić information content (AvgIpc) is 2.84. The number of hydrogen-bond acceptors (Lipinski definition) is 1. The van der Waals surface area contributed by atoms with Crippen molar-refractivity contribution < 1.29 is 9.90 Å². The van der Waals surface area contributed by atoms with E-state index in [1.807, 2.05) is 0 Å². The van der Waals surface area contributed by atoms with Crippen molar-refractivity contribution in [1.82, 2.24) is 0 Å². The fourth-order valence-electron chi connectivity index (χ4n) is 6.22. The molecule has 2 heteroatoms. The van der Waals surface area contributed by atoms with Crippen molar-refractivity contribution in [2.45, 2.75) is 38.5 Å². The van der Waals surface area contributed by atoms with Crippen LogP contribution in [0, 0.1) is 0 Å². The van der Waals surface area contributed by atoms with Gasteiger partial charge < -0.3 is 5.11 Å². The minimum atomic E-state index is -0.690.